The molecule has 0 amide bonds. The maximum atomic E-state index is 12.5. The lowest BCUT2D eigenvalue weighted by Crippen LogP contribution is -2.34. The van der Waals surface area contributed by atoms with Gasteiger partial charge in [-0.3, -0.25) is 0 Å². The van der Waals surface area contributed by atoms with Gasteiger partial charge in [-0.05, 0) is 18.4 Å². The summed E-state index contributed by atoms with van der Waals surface area (Å²) < 4.78 is 26.7. The zero-order chi connectivity index (χ0) is 15.3. The van der Waals surface area contributed by atoms with E-state index in [1.807, 2.05) is 0 Å². The summed E-state index contributed by atoms with van der Waals surface area (Å²) in [6.07, 6.45) is 5.37. The smallest absolute Gasteiger partial charge is 0.218 e. The predicted octanol–water partition coefficient (Wildman–Crippen LogP) is 2.42. The van der Waals surface area contributed by atoms with Gasteiger partial charge in [-0.15, -0.1) is 0 Å². The van der Waals surface area contributed by atoms with Gasteiger partial charge < -0.3 is 5.73 Å². The molecule has 21 heavy (non-hydrogen) atoms. The van der Waals surface area contributed by atoms with Crippen LogP contribution in [0.5, 0.6) is 0 Å². The number of nitrogens with zero attached hydrogens (tertiary/aromatic N) is 1. The molecule has 0 unspecified atom stereocenters. The first-order valence-electron chi connectivity index (χ1n) is 7.35. The molecule has 1 saturated heterocycles. The molecule has 0 radical (unpaired) electrons. The van der Waals surface area contributed by atoms with Crippen LogP contribution in [0.3, 0.4) is 0 Å². The second-order valence-corrected chi connectivity index (χ2v) is 7.89. The predicted molar refractivity (Wildman–Crippen MR) is 89.6 cm³/mol. The zero-order valence-corrected chi connectivity index (χ0v) is 13.8. The Morgan fingerprint density at radius 3 is 2.10 bits per heavy atom. The molecule has 1 heterocycles. The number of hydrogen-bond donors (Lipinski definition) is 1. The van der Waals surface area contributed by atoms with Crippen molar-refractivity contribution >= 4 is 27.2 Å². The molecule has 0 aliphatic carbocycles. The molecule has 2 N–H and O–H groups in total. The van der Waals surface area contributed by atoms with Gasteiger partial charge >= 0.3 is 0 Å². The van der Waals surface area contributed by atoms with Crippen molar-refractivity contribution in [1.82, 2.24) is 4.31 Å². The van der Waals surface area contributed by atoms with E-state index in [2.05, 4.69) is 0 Å². The maximum Gasteiger partial charge on any atom is 0.218 e. The van der Waals surface area contributed by atoms with Gasteiger partial charge in [0.1, 0.15) is 4.99 Å². The van der Waals surface area contributed by atoms with Crippen LogP contribution in [0, 0.1) is 0 Å². The highest BCUT2D eigenvalue weighted by molar-refractivity contribution is 7.88. The minimum absolute atomic E-state index is 0.0462. The molecule has 4 nitrogen and oxygen atoms in total. The largest absolute Gasteiger partial charge is 0.389 e. The summed E-state index contributed by atoms with van der Waals surface area (Å²) in [6, 6.07) is 7.13. The second kappa shape index (κ2) is 7.33. The van der Waals surface area contributed by atoms with E-state index in [1.54, 1.807) is 28.6 Å². The lowest BCUT2D eigenvalue weighted by molar-refractivity contribution is 0.364. The van der Waals surface area contributed by atoms with Crippen LogP contribution in [0.25, 0.3) is 0 Å². The summed E-state index contributed by atoms with van der Waals surface area (Å²) in [5.41, 5.74) is 7.08. The summed E-state index contributed by atoms with van der Waals surface area (Å²) in [4.78, 5) is 0.327. The van der Waals surface area contributed by atoms with Gasteiger partial charge in [-0.1, -0.05) is 55.7 Å². The maximum absolute atomic E-state index is 12.5. The third kappa shape index (κ3) is 4.76. The Morgan fingerprint density at radius 1 is 1.05 bits per heavy atom. The molecule has 6 heteroatoms. The van der Waals surface area contributed by atoms with Gasteiger partial charge in [0, 0.05) is 18.7 Å². The van der Waals surface area contributed by atoms with Gasteiger partial charge in [0.15, 0.2) is 0 Å². The number of rotatable bonds is 4. The van der Waals surface area contributed by atoms with Crippen molar-refractivity contribution in [2.24, 2.45) is 5.73 Å². The van der Waals surface area contributed by atoms with E-state index in [4.69, 9.17) is 18.0 Å². The summed E-state index contributed by atoms with van der Waals surface area (Å²) in [5.74, 6) is 0.0462. The Bertz CT molecular complexity index is 574. The van der Waals surface area contributed by atoms with Crippen LogP contribution >= 0.6 is 12.2 Å². The molecule has 1 aliphatic heterocycles. The molecular weight excluding hydrogens is 304 g/mol. The van der Waals surface area contributed by atoms with E-state index in [9.17, 15) is 8.42 Å². The SMILES string of the molecule is NC(=S)c1ccc(CS(=O)(=O)N2CCCCCCC2)cc1. The number of nitrogens with two attached hydrogens (primary N) is 1. The summed E-state index contributed by atoms with van der Waals surface area (Å²) in [7, 11) is -3.24. The summed E-state index contributed by atoms with van der Waals surface area (Å²) in [6.45, 7) is 1.29. The van der Waals surface area contributed by atoms with E-state index in [0.29, 0.717) is 18.1 Å². The fourth-order valence-corrected chi connectivity index (χ4v) is 4.31. The van der Waals surface area contributed by atoms with E-state index in [0.717, 1.165) is 36.8 Å². The van der Waals surface area contributed by atoms with Crippen LogP contribution in [0.15, 0.2) is 24.3 Å². The fraction of sp³-hybridized carbons (Fsp3) is 0.533. The molecule has 0 bridgehead atoms. The van der Waals surface area contributed by atoms with Crippen molar-refractivity contribution in [2.75, 3.05) is 13.1 Å². The molecule has 0 saturated carbocycles. The van der Waals surface area contributed by atoms with Crippen LogP contribution in [-0.2, 0) is 15.8 Å². The highest BCUT2D eigenvalue weighted by Crippen LogP contribution is 2.17. The van der Waals surface area contributed by atoms with Crippen LogP contribution in [-0.4, -0.2) is 30.8 Å². The number of sulfonamides is 1. The summed E-state index contributed by atoms with van der Waals surface area (Å²) >= 11 is 4.90. The Morgan fingerprint density at radius 2 is 1.57 bits per heavy atom. The summed E-state index contributed by atoms with van der Waals surface area (Å²) in [5, 5.41) is 0. The van der Waals surface area contributed by atoms with Crippen LogP contribution < -0.4 is 5.73 Å². The number of benzene rings is 1. The molecule has 116 valence electrons. The monoisotopic (exact) mass is 326 g/mol. The van der Waals surface area contributed by atoms with Crippen molar-refractivity contribution < 1.29 is 8.42 Å². The van der Waals surface area contributed by atoms with Crippen molar-refractivity contribution in [3.8, 4) is 0 Å². The number of thiocarbonyl (C=S) groups is 1. The van der Waals surface area contributed by atoms with Crippen molar-refractivity contribution in [1.29, 1.82) is 0 Å². The van der Waals surface area contributed by atoms with Gasteiger partial charge in [0.05, 0.1) is 5.75 Å². The Labute approximate surface area is 132 Å². The average Bonchev–Trinajstić information content (AvgIpc) is 2.37. The highest BCUT2D eigenvalue weighted by atomic mass is 32.2. The number of hydrogen-bond acceptors (Lipinski definition) is 3. The molecule has 1 aromatic carbocycles. The molecule has 0 aromatic heterocycles. The second-order valence-electron chi connectivity index (χ2n) is 5.48. The third-order valence-corrected chi connectivity index (χ3v) is 5.88. The Kier molecular flexibility index (Phi) is 5.72. The third-order valence-electron chi connectivity index (χ3n) is 3.80. The molecule has 0 spiro atoms. The van der Waals surface area contributed by atoms with Gasteiger partial charge in [-0.2, -0.15) is 0 Å². The average molecular weight is 326 g/mol. The van der Waals surface area contributed by atoms with Crippen molar-refractivity contribution in [3.63, 3.8) is 0 Å². The molecule has 0 atom stereocenters. The van der Waals surface area contributed by atoms with E-state index in [-0.39, 0.29) is 5.75 Å². The molecular formula is C15H22N2O2S2. The van der Waals surface area contributed by atoms with Crippen molar-refractivity contribution in [3.05, 3.63) is 35.4 Å². The standard InChI is InChI=1S/C15H22N2O2S2/c16-15(20)14-8-6-13(7-9-14)12-21(18,19)17-10-4-2-1-3-5-11-17/h6-9H,1-5,10-12H2,(H2,16,20). The normalized spacial score (nSPS) is 17.9. The van der Waals surface area contributed by atoms with Gasteiger partial charge in [-0.25, -0.2) is 12.7 Å². The molecule has 2 rings (SSSR count). The first-order valence-corrected chi connectivity index (χ1v) is 9.37. The van der Waals surface area contributed by atoms with Crippen LogP contribution in [0.2, 0.25) is 0 Å². The molecule has 1 aliphatic rings. The van der Waals surface area contributed by atoms with Crippen LogP contribution in [0.1, 0.15) is 43.2 Å². The quantitative estimate of drug-likeness (QED) is 0.863. The fourth-order valence-electron chi connectivity index (χ4n) is 2.56. The van der Waals surface area contributed by atoms with E-state index < -0.39 is 10.0 Å². The molecule has 1 fully saturated rings. The Hall–Kier alpha value is -0.980. The first-order chi connectivity index (χ1) is 9.99. The molecule has 1 aromatic rings. The first kappa shape index (κ1) is 16.4. The Balaban J connectivity index is 2.06. The van der Waals surface area contributed by atoms with Crippen molar-refractivity contribution in [2.45, 2.75) is 37.9 Å². The van der Waals surface area contributed by atoms with Crippen LogP contribution in [0.4, 0.5) is 0 Å². The highest BCUT2D eigenvalue weighted by Gasteiger charge is 2.22. The zero-order valence-electron chi connectivity index (χ0n) is 12.1. The topological polar surface area (TPSA) is 63.4 Å². The minimum atomic E-state index is -3.24. The lowest BCUT2D eigenvalue weighted by atomic mass is 10.1. The van der Waals surface area contributed by atoms with E-state index >= 15 is 0 Å². The van der Waals surface area contributed by atoms with E-state index in [1.165, 1.54) is 6.42 Å². The lowest BCUT2D eigenvalue weighted by Gasteiger charge is -2.24. The minimum Gasteiger partial charge on any atom is -0.389 e. The van der Waals surface area contributed by atoms with Gasteiger partial charge in [0.25, 0.3) is 0 Å². The van der Waals surface area contributed by atoms with Gasteiger partial charge in [0.2, 0.25) is 10.0 Å².